The van der Waals surface area contributed by atoms with Crippen LogP contribution in [0.2, 0.25) is 0 Å². The Labute approximate surface area is 90.0 Å². The van der Waals surface area contributed by atoms with E-state index in [1.165, 1.54) is 7.11 Å². The number of aryl methyl sites for hydroxylation is 2. The number of hydrogen-bond acceptors (Lipinski definition) is 3. The van der Waals surface area contributed by atoms with Crippen molar-refractivity contribution >= 4 is 5.97 Å². The van der Waals surface area contributed by atoms with Crippen LogP contribution in [0.3, 0.4) is 0 Å². The van der Waals surface area contributed by atoms with Gasteiger partial charge >= 0.3 is 5.97 Å². The first-order valence-electron chi connectivity index (χ1n) is 4.79. The molecule has 0 heterocycles. The van der Waals surface area contributed by atoms with E-state index in [0.717, 1.165) is 22.4 Å². The van der Waals surface area contributed by atoms with E-state index in [1.807, 2.05) is 26.0 Å². The van der Waals surface area contributed by atoms with Gasteiger partial charge in [0.05, 0.1) is 20.6 Å². The molecule has 0 fully saturated rings. The van der Waals surface area contributed by atoms with Crippen LogP contribution in [0.4, 0.5) is 0 Å². The molecule has 1 aromatic carbocycles. The van der Waals surface area contributed by atoms with Gasteiger partial charge in [0.15, 0.2) is 0 Å². The number of methoxy groups -OCH3 is 2. The van der Waals surface area contributed by atoms with Crippen LogP contribution in [0.25, 0.3) is 0 Å². The van der Waals surface area contributed by atoms with Gasteiger partial charge in [-0.2, -0.15) is 0 Å². The molecule has 0 aliphatic carbocycles. The average Bonchev–Trinajstić information content (AvgIpc) is 2.22. The van der Waals surface area contributed by atoms with Gasteiger partial charge in [-0.15, -0.1) is 0 Å². The Bertz CT molecular complexity index is 369. The summed E-state index contributed by atoms with van der Waals surface area (Å²) in [4.78, 5) is 11.1. The zero-order chi connectivity index (χ0) is 11.4. The van der Waals surface area contributed by atoms with Crippen molar-refractivity contribution in [3.63, 3.8) is 0 Å². The number of carbonyl (C=O) groups is 1. The smallest absolute Gasteiger partial charge is 0.309 e. The Hall–Kier alpha value is -1.51. The molecule has 3 nitrogen and oxygen atoms in total. The van der Waals surface area contributed by atoms with Crippen molar-refractivity contribution in [3.05, 3.63) is 28.8 Å². The maximum atomic E-state index is 11.1. The lowest BCUT2D eigenvalue weighted by Gasteiger charge is -2.10. The third-order valence-corrected chi connectivity index (χ3v) is 2.42. The predicted octanol–water partition coefficient (Wildman–Crippen LogP) is 2.03. The summed E-state index contributed by atoms with van der Waals surface area (Å²) in [5, 5.41) is 0. The first kappa shape index (κ1) is 11.6. The van der Waals surface area contributed by atoms with E-state index in [2.05, 4.69) is 4.74 Å². The molecule has 0 N–H and O–H groups in total. The maximum Gasteiger partial charge on any atom is 0.309 e. The van der Waals surface area contributed by atoms with Crippen LogP contribution >= 0.6 is 0 Å². The molecule has 0 aromatic heterocycles. The molecule has 0 radical (unpaired) electrons. The van der Waals surface area contributed by atoms with Gasteiger partial charge in [-0.05, 0) is 36.6 Å². The molecule has 0 atom stereocenters. The highest BCUT2D eigenvalue weighted by molar-refractivity contribution is 5.73. The summed E-state index contributed by atoms with van der Waals surface area (Å²) in [7, 11) is 3.04. The van der Waals surface area contributed by atoms with Gasteiger partial charge < -0.3 is 9.47 Å². The molecule has 0 aliphatic rings. The molecule has 0 saturated heterocycles. The summed E-state index contributed by atoms with van der Waals surface area (Å²) in [5.41, 5.74) is 3.06. The van der Waals surface area contributed by atoms with Crippen LogP contribution in [-0.4, -0.2) is 20.2 Å². The second kappa shape index (κ2) is 4.82. The van der Waals surface area contributed by atoms with Gasteiger partial charge in [0.1, 0.15) is 5.75 Å². The first-order chi connectivity index (χ1) is 7.08. The van der Waals surface area contributed by atoms with E-state index in [4.69, 9.17) is 4.74 Å². The van der Waals surface area contributed by atoms with Gasteiger partial charge in [0.2, 0.25) is 0 Å². The fraction of sp³-hybridized carbons (Fsp3) is 0.417. The Morgan fingerprint density at radius 2 is 1.87 bits per heavy atom. The standard InChI is InChI=1S/C12H16O3/c1-8-6-11(14-3)9(2)5-10(8)7-12(13)15-4/h5-6H,7H2,1-4H3. The molecule has 0 unspecified atom stereocenters. The zero-order valence-corrected chi connectivity index (χ0v) is 9.59. The second-order valence-corrected chi connectivity index (χ2v) is 3.50. The van der Waals surface area contributed by atoms with Crippen molar-refractivity contribution < 1.29 is 14.3 Å². The van der Waals surface area contributed by atoms with Gasteiger partial charge in [0, 0.05) is 0 Å². The number of carbonyl (C=O) groups excluding carboxylic acids is 1. The van der Waals surface area contributed by atoms with Gasteiger partial charge in [-0.3, -0.25) is 4.79 Å². The Morgan fingerprint density at radius 3 is 2.40 bits per heavy atom. The quantitative estimate of drug-likeness (QED) is 0.713. The summed E-state index contributed by atoms with van der Waals surface area (Å²) in [6.07, 6.45) is 0.313. The Morgan fingerprint density at radius 1 is 1.20 bits per heavy atom. The Balaban J connectivity index is 3.00. The topological polar surface area (TPSA) is 35.5 Å². The van der Waals surface area contributed by atoms with Crippen LogP contribution in [0, 0.1) is 13.8 Å². The third-order valence-electron chi connectivity index (χ3n) is 2.42. The molecule has 1 aromatic rings. The summed E-state index contributed by atoms with van der Waals surface area (Å²) in [6, 6.07) is 3.90. The number of rotatable bonds is 3. The van der Waals surface area contributed by atoms with Crippen molar-refractivity contribution in [2.75, 3.05) is 14.2 Å². The lowest BCUT2D eigenvalue weighted by Crippen LogP contribution is -2.06. The summed E-state index contributed by atoms with van der Waals surface area (Å²) in [6.45, 7) is 3.92. The van der Waals surface area contributed by atoms with Crippen LogP contribution < -0.4 is 4.74 Å². The summed E-state index contributed by atoms with van der Waals surface area (Å²) >= 11 is 0. The normalized spacial score (nSPS) is 9.87. The van der Waals surface area contributed by atoms with E-state index >= 15 is 0 Å². The maximum absolute atomic E-state index is 11.1. The molecule has 0 bridgehead atoms. The van der Waals surface area contributed by atoms with Crippen LogP contribution in [0.1, 0.15) is 16.7 Å². The molecule has 0 saturated carbocycles. The van der Waals surface area contributed by atoms with Gasteiger partial charge in [0.25, 0.3) is 0 Å². The lowest BCUT2D eigenvalue weighted by molar-refractivity contribution is -0.139. The lowest BCUT2D eigenvalue weighted by atomic mass is 10.0. The van der Waals surface area contributed by atoms with Crippen molar-refractivity contribution in [1.82, 2.24) is 0 Å². The van der Waals surface area contributed by atoms with Crippen molar-refractivity contribution in [2.45, 2.75) is 20.3 Å². The van der Waals surface area contributed by atoms with Crippen molar-refractivity contribution in [3.8, 4) is 5.75 Å². The number of benzene rings is 1. The minimum atomic E-state index is -0.220. The van der Waals surface area contributed by atoms with Crippen LogP contribution in [-0.2, 0) is 16.0 Å². The summed E-state index contributed by atoms with van der Waals surface area (Å²) < 4.78 is 9.83. The van der Waals surface area contributed by atoms with Crippen molar-refractivity contribution in [1.29, 1.82) is 0 Å². The minimum absolute atomic E-state index is 0.220. The first-order valence-corrected chi connectivity index (χ1v) is 4.79. The SMILES string of the molecule is COC(=O)Cc1cc(C)c(OC)cc1C. The van der Waals surface area contributed by atoms with E-state index in [0.29, 0.717) is 6.42 Å². The molecule has 0 amide bonds. The molecule has 0 aliphatic heterocycles. The van der Waals surface area contributed by atoms with E-state index in [1.54, 1.807) is 7.11 Å². The molecule has 15 heavy (non-hydrogen) atoms. The molecule has 1 rings (SSSR count). The predicted molar refractivity (Wildman–Crippen MR) is 58.2 cm³/mol. The monoisotopic (exact) mass is 208 g/mol. The van der Waals surface area contributed by atoms with Gasteiger partial charge in [-0.1, -0.05) is 6.07 Å². The largest absolute Gasteiger partial charge is 0.496 e. The second-order valence-electron chi connectivity index (χ2n) is 3.50. The highest BCUT2D eigenvalue weighted by atomic mass is 16.5. The molecular formula is C12H16O3. The minimum Gasteiger partial charge on any atom is -0.496 e. The van der Waals surface area contributed by atoms with Crippen LogP contribution in [0.15, 0.2) is 12.1 Å². The van der Waals surface area contributed by atoms with E-state index in [-0.39, 0.29) is 5.97 Å². The third kappa shape index (κ3) is 2.72. The Kier molecular flexibility index (Phi) is 3.72. The number of esters is 1. The highest BCUT2D eigenvalue weighted by Crippen LogP contribution is 2.22. The average molecular weight is 208 g/mol. The summed E-state index contributed by atoms with van der Waals surface area (Å²) in [5.74, 6) is 0.629. The zero-order valence-electron chi connectivity index (χ0n) is 9.59. The fourth-order valence-electron chi connectivity index (χ4n) is 1.49. The number of ether oxygens (including phenoxy) is 2. The molecule has 0 spiro atoms. The van der Waals surface area contributed by atoms with Gasteiger partial charge in [-0.25, -0.2) is 0 Å². The highest BCUT2D eigenvalue weighted by Gasteiger charge is 2.08. The van der Waals surface area contributed by atoms with E-state index in [9.17, 15) is 4.79 Å². The molecule has 3 heteroatoms. The van der Waals surface area contributed by atoms with Crippen LogP contribution in [0.5, 0.6) is 5.75 Å². The molecule has 82 valence electrons. The molecular weight excluding hydrogens is 192 g/mol. The fourth-order valence-corrected chi connectivity index (χ4v) is 1.49. The van der Waals surface area contributed by atoms with E-state index < -0.39 is 0 Å². The number of hydrogen-bond donors (Lipinski definition) is 0. The van der Waals surface area contributed by atoms with Crippen molar-refractivity contribution in [2.24, 2.45) is 0 Å².